The molecule has 0 aliphatic heterocycles. The predicted molar refractivity (Wildman–Crippen MR) is 145 cm³/mol. The highest BCUT2D eigenvalue weighted by Crippen LogP contribution is 2.36. The fraction of sp³-hybridized carbons (Fsp3) is 0.156. The van der Waals surface area contributed by atoms with Gasteiger partial charge in [0.1, 0.15) is 23.2 Å². The molecule has 5 nitrogen and oxygen atoms in total. The number of ketones is 1. The normalized spacial score (nSPS) is 13.0. The van der Waals surface area contributed by atoms with Gasteiger partial charge in [-0.15, -0.1) is 0 Å². The molecule has 0 unspecified atom stereocenters. The van der Waals surface area contributed by atoms with Gasteiger partial charge in [-0.1, -0.05) is 30.3 Å². The first-order valence-electron chi connectivity index (χ1n) is 12.6. The molecule has 1 aliphatic carbocycles. The molecule has 0 radical (unpaired) electrons. The Hall–Kier alpha value is -4.65. The van der Waals surface area contributed by atoms with Crippen LogP contribution in [0.5, 0.6) is 5.75 Å². The number of hydrogen-bond acceptors (Lipinski definition) is 4. The van der Waals surface area contributed by atoms with E-state index in [-0.39, 0.29) is 30.8 Å². The monoisotopic (exact) mass is 524 g/mol. The zero-order valence-corrected chi connectivity index (χ0v) is 21.0. The van der Waals surface area contributed by atoms with Crippen molar-refractivity contribution in [2.45, 2.75) is 31.6 Å². The zero-order valence-electron chi connectivity index (χ0n) is 21.0. The van der Waals surface area contributed by atoms with Crippen LogP contribution >= 0.6 is 0 Å². The van der Waals surface area contributed by atoms with Crippen LogP contribution in [-0.4, -0.2) is 21.8 Å². The van der Waals surface area contributed by atoms with Crippen molar-refractivity contribution in [3.05, 3.63) is 125 Å². The lowest BCUT2D eigenvalue weighted by Gasteiger charge is -2.20. The third-order valence-corrected chi connectivity index (χ3v) is 6.98. The number of pyridine rings is 1. The van der Waals surface area contributed by atoms with Gasteiger partial charge >= 0.3 is 0 Å². The van der Waals surface area contributed by atoms with Gasteiger partial charge < -0.3 is 10.8 Å². The number of carbonyl (C=O) groups is 2. The Bertz CT molecular complexity index is 1580. The van der Waals surface area contributed by atoms with Crippen LogP contribution in [0, 0.1) is 11.6 Å². The van der Waals surface area contributed by atoms with Gasteiger partial charge in [-0.25, -0.2) is 8.78 Å². The Morgan fingerprint density at radius 2 is 1.69 bits per heavy atom. The van der Waals surface area contributed by atoms with E-state index >= 15 is 0 Å². The molecule has 0 bridgehead atoms. The molecule has 1 aliphatic rings. The number of primary amides is 1. The molecule has 1 aromatic heterocycles. The Balaban J connectivity index is 1.47. The van der Waals surface area contributed by atoms with E-state index in [1.807, 2.05) is 18.2 Å². The number of benzene rings is 3. The number of allylic oxidation sites excluding steroid dienone is 2. The van der Waals surface area contributed by atoms with Crippen LogP contribution in [0.15, 0.2) is 85.1 Å². The summed E-state index contributed by atoms with van der Waals surface area (Å²) in [7, 11) is 0. The molecule has 1 amide bonds. The number of Topliss-reactive ketones (excluding diaryl/α,β-unsaturated/α-hetero) is 1. The van der Waals surface area contributed by atoms with Crippen LogP contribution < -0.4 is 5.73 Å². The Morgan fingerprint density at radius 3 is 2.41 bits per heavy atom. The Morgan fingerprint density at radius 1 is 0.949 bits per heavy atom. The minimum Gasteiger partial charge on any atom is -0.508 e. The lowest BCUT2D eigenvalue weighted by atomic mass is 9.85. The number of rotatable bonds is 9. The van der Waals surface area contributed by atoms with Crippen molar-refractivity contribution >= 4 is 17.3 Å². The molecular formula is C32H26F2N2O3. The zero-order chi connectivity index (χ0) is 27.5. The van der Waals surface area contributed by atoms with Gasteiger partial charge in [-0.05, 0) is 83.1 Å². The fourth-order valence-electron chi connectivity index (χ4n) is 5.19. The molecule has 1 heterocycles. The third-order valence-electron chi connectivity index (χ3n) is 6.98. The summed E-state index contributed by atoms with van der Waals surface area (Å²) in [5.74, 6) is -2.31. The van der Waals surface area contributed by atoms with Crippen LogP contribution in [0.4, 0.5) is 8.78 Å². The van der Waals surface area contributed by atoms with E-state index < -0.39 is 23.5 Å². The standard InChI is InChI=1S/C32H26F2N2O3/c33-25-13-19(14-26(34)17-25)12-24(16-28(38)15-23-8-5-21-9-10-27(37)18-30(21)23)31-29(2-1-11-36-31)20-3-6-22(7-4-20)32(35)39/h1-4,6-11,13-14,17-18,24,37H,5,12,15-16H2,(H2,35,39)/t24-/m1/s1. The lowest BCUT2D eigenvalue weighted by Crippen LogP contribution is -2.13. The average molecular weight is 525 g/mol. The number of nitrogens with zero attached hydrogens (tertiary/aromatic N) is 1. The van der Waals surface area contributed by atoms with Crippen LogP contribution in [0.2, 0.25) is 0 Å². The Labute approximate surface area is 224 Å². The van der Waals surface area contributed by atoms with Crippen molar-refractivity contribution < 1.29 is 23.5 Å². The van der Waals surface area contributed by atoms with E-state index in [1.165, 1.54) is 12.1 Å². The molecule has 196 valence electrons. The number of phenolic OH excluding ortho intramolecular Hbond substituents is 1. The second-order valence-electron chi connectivity index (χ2n) is 9.75. The molecule has 3 N–H and O–H groups in total. The first-order valence-corrected chi connectivity index (χ1v) is 12.6. The largest absolute Gasteiger partial charge is 0.508 e. The highest BCUT2D eigenvalue weighted by atomic mass is 19.1. The molecule has 0 spiro atoms. The van der Waals surface area contributed by atoms with Gasteiger partial charge in [-0.2, -0.15) is 0 Å². The summed E-state index contributed by atoms with van der Waals surface area (Å²) in [4.78, 5) is 29.6. The first-order chi connectivity index (χ1) is 18.8. The van der Waals surface area contributed by atoms with Crippen LogP contribution in [0.3, 0.4) is 0 Å². The maximum Gasteiger partial charge on any atom is 0.248 e. The first kappa shape index (κ1) is 26.0. The van der Waals surface area contributed by atoms with Crippen molar-refractivity contribution in [1.82, 2.24) is 4.98 Å². The Kier molecular flexibility index (Phi) is 7.32. The molecule has 4 aromatic rings. The summed E-state index contributed by atoms with van der Waals surface area (Å²) in [5, 5.41) is 9.93. The molecule has 3 aromatic carbocycles. The minimum atomic E-state index is -0.689. The number of amides is 1. The number of halogens is 2. The van der Waals surface area contributed by atoms with Crippen molar-refractivity contribution in [3.63, 3.8) is 0 Å². The van der Waals surface area contributed by atoms with Crippen molar-refractivity contribution in [3.8, 4) is 16.9 Å². The summed E-state index contributed by atoms with van der Waals surface area (Å²) in [5.41, 5.74) is 11.1. The maximum absolute atomic E-state index is 14.0. The maximum atomic E-state index is 14.0. The summed E-state index contributed by atoms with van der Waals surface area (Å²) >= 11 is 0. The van der Waals surface area contributed by atoms with Gasteiger partial charge in [0.2, 0.25) is 5.91 Å². The van der Waals surface area contributed by atoms with Crippen LogP contribution in [0.1, 0.15) is 51.5 Å². The van der Waals surface area contributed by atoms with Gasteiger partial charge in [0.25, 0.3) is 0 Å². The highest BCUT2D eigenvalue weighted by molar-refractivity contribution is 5.94. The van der Waals surface area contributed by atoms with Gasteiger partial charge in [-0.3, -0.25) is 14.6 Å². The topological polar surface area (TPSA) is 93.3 Å². The number of hydrogen-bond donors (Lipinski definition) is 2. The molecule has 39 heavy (non-hydrogen) atoms. The highest BCUT2D eigenvalue weighted by Gasteiger charge is 2.24. The smallest absolute Gasteiger partial charge is 0.248 e. The number of nitrogens with two attached hydrogens (primary N) is 1. The van der Waals surface area contributed by atoms with E-state index in [0.717, 1.165) is 33.9 Å². The fourth-order valence-corrected chi connectivity index (χ4v) is 5.19. The van der Waals surface area contributed by atoms with Crippen LogP contribution in [-0.2, 0) is 17.6 Å². The van der Waals surface area contributed by atoms with E-state index in [9.17, 15) is 23.5 Å². The van der Waals surface area contributed by atoms with Crippen LogP contribution in [0.25, 0.3) is 16.7 Å². The molecule has 0 saturated carbocycles. The predicted octanol–water partition coefficient (Wildman–Crippen LogP) is 6.15. The second kappa shape index (κ2) is 11.0. The summed E-state index contributed by atoms with van der Waals surface area (Å²) in [6.45, 7) is 0. The summed E-state index contributed by atoms with van der Waals surface area (Å²) < 4.78 is 28.1. The number of phenols is 1. The number of aromatic nitrogens is 1. The molecular weight excluding hydrogens is 498 g/mol. The van der Waals surface area contributed by atoms with E-state index in [4.69, 9.17) is 5.73 Å². The van der Waals surface area contributed by atoms with Gasteiger partial charge in [0, 0.05) is 42.1 Å². The van der Waals surface area contributed by atoms with E-state index in [0.29, 0.717) is 23.2 Å². The molecule has 7 heteroatoms. The molecule has 0 saturated heterocycles. The molecule has 1 atom stereocenters. The summed E-state index contributed by atoms with van der Waals surface area (Å²) in [6, 6.07) is 18.9. The third kappa shape index (κ3) is 5.93. The minimum absolute atomic E-state index is 0.0556. The average Bonchev–Trinajstić information content (AvgIpc) is 3.29. The number of carbonyl (C=O) groups excluding carboxylic acids is 2. The van der Waals surface area contributed by atoms with Crippen molar-refractivity contribution in [1.29, 1.82) is 0 Å². The molecule has 0 fully saturated rings. The van der Waals surface area contributed by atoms with E-state index in [2.05, 4.69) is 4.98 Å². The quantitative estimate of drug-likeness (QED) is 0.275. The molecule has 5 rings (SSSR count). The number of fused-ring (bicyclic) bond motifs is 1. The van der Waals surface area contributed by atoms with E-state index in [1.54, 1.807) is 48.7 Å². The van der Waals surface area contributed by atoms with Crippen molar-refractivity contribution in [2.75, 3.05) is 0 Å². The second-order valence-corrected chi connectivity index (χ2v) is 9.75. The SMILES string of the molecule is NC(=O)c1ccc(-c2cccnc2[C@@H](CC(=O)CC2=CCc3ccc(O)cc32)Cc2cc(F)cc(F)c2)cc1. The summed E-state index contributed by atoms with van der Waals surface area (Å²) in [6.07, 6.45) is 4.76. The lowest BCUT2D eigenvalue weighted by molar-refractivity contribution is -0.118. The van der Waals surface area contributed by atoms with Crippen molar-refractivity contribution in [2.24, 2.45) is 5.73 Å². The van der Waals surface area contributed by atoms with Gasteiger partial charge in [0.15, 0.2) is 0 Å². The number of aromatic hydroxyl groups is 1. The van der Waals surface area contributed by atoms with Gasteiger partial charge in [0.05, 0.1) is 5.69 Å².